The van der Waals surface area contributed by atoms with Gasteiger partial charge in [0.05, 0.1) is 0 Å². The van der Waals surface area contributed by atoms with E-state index in [-0.39, 0.29) is 18.1 Å². The number of carbonyl (C=O) groups excluding carboxylic acids is 1. The van der Waals surface area contributed by atoms with Crippen molar-refractivity contribution in [2.45, 2.75) is 6.54 Å². The van der Waals surface area contributed by atoms with Crippen LogP contribution >= 0.6 is 15.9 Å². The molecule has 0 radical (unpaired) electrons. The van der Waals surface area contributed by atoms with Gasteiger partial charge in [0, 0.05) is 24.8 Å². The van der Waals surface area contributed by atoms with Gasteiger partial charge >= 0.3 is 5.69 Å². The number of hydrogen-bond acceptors (Lipinski definition) is 3. The number of aromatic nitrogens is 3. The van der Waals surface area contributed by atoms with Crippen molar-refractivity contribution in [3.05, 3.63) is 33.3 Å². The molecule has 0 atom stereocenters. The van der Waals surface area contributed by atoms with Gasteiger partial charge in [-0.25, -0.2) is 13.9 Å². The molecule has 2 aromatic heterocycles. The number of fused-ring (bicyclic) bond motifs is 1. The first-order valence-electron chi connectivity index (χ1n) is 4.94. The molecule has 0 unspecified atom stereocenters. The van der Waals surface area contributed by atoms with E-state index in [1.165, 1.54) is 9.30 Å². The van der Waals surface area contributed by atoms with Gasteiger partial charge in [0.1, 0.15) is 6.54 Å². The molecule has 7 heteroatoms. The third-order valence-corrected chi connectivity index (χ3v) is 2.79. The van der Waals surface area contributed by atoms with Crippen molar-refractivity contribution in [3.63, 3.8) is 0 Å². The smallest absolute Gasteiger partial charge is 0.347 e. The summed E-state index contributed by atoms with van der Waals surface area (Å²) >= 11 is 3.28. The molecule has 0 saturated heterocycles. The Labute approximate surface area is 106 Å². The Kier molecular flexibility index (Phi) is 3.01. The molecule has 0 aromatic carbocycles. The van der Waals surface area contributed by atoms with Crippen LogP contribution < -0.4 is 5.69 Å². The van der Waals surface area contributed by atoms with E-state index in [0.29, 0.717) is 5.65 Å². The largest absolute Gasteiger partial charge is 0.350 e. The summed E-state index contributed by atoms with van der Waals surface area (Å²) in [6.45, 7) is -0.0505. The lowest BCUT2D eigenvalue weighted by molar-refractivity contribution is -0.129. The summed E-state index contributed by atoms with van der Waals surface area (Å²) in [4.78, 5) is 24.8. The maximum Gasteiger partial charge on any atom is 0.350 e. The molecule has 6 nitrogen and oxygen atoms in total. The van der Waals surface area contributed by atoms with Crippen LogP contribution in [0.4, 0.5) is 0 Å². The van der Waals surface area contributed by atoms with Gasteiger partial charge in [-0.05, 0) is 28.1 Å². The lowest BCUT2D eigenvalue weighted by atomic mass is 10.5. The topological polar surface area (TPSA) is 59.6 Å². The summed E-state index contributed by atoms with van der Waals surface area (Å²) < 4.78 is 3.34. The highest BCUT2D eigenvalue weighted by Gasteiger charge is 2.11. The average molecular weight is 299 g/mol. The highest BCUT2D eigenvalue weighted by atomic mass is 79.9. The zero-order valence-corrected chi connectivity index (χ0v) is 11.0. The number of hydrogen-bond donors (Lipinski definition) is 0. The van der Waals surface area contributed by atoms with Crippen LogP contribution in [-0.2, 0) is 11.3 Å². The van der Waals surface area contributed by atoms with E-state index >= 15 is 0 Å². The first-order valence-corrected chi connectivity index (χ1v) is 5.73. The van der Waals surface area contributed by atoms with Crippen molar-refractivity contribution < 1.29 is 4.79 Å². The molecule has 0 aliphatic rings. The van der Waals surface area contributed by atoms with E-state index in [1.54, 1.807) is 32.4 Å². The molecule has 90 valence electrons. The van der Waals surface area contributed by atoms with Crippen LogP contribution in [0.1, 0.15) is 0 Å². The van der Waals surface area contributed by atoms with E-state index < -0.39 is 0 Å². The van der Waals surface area contributed by atoms with Crippen LogP contribution in [0.2, 0.25) is 0 Å². The number of carbonyl (C=O) groups is 1. The van der Waals surface area contributed by atoms with Gasteiger partial charge in [-0.2, -0.15) is 0 Å². The molecular weight excluding hydrogens is 288 g/mol. The Morgan fingerprint density at radius 2 is 2.18 bits per heavy atom. The highest BCUT2D eigenvalue weighted by Crippen LogP contribution is 2.08. The maximum absolute atomic E-state index is 11.9. The fourth-order valence-electron chi connectivity index (χ4n) is 1.37. The van der Waals surface area contributed by atoms with Crippen molar-refractivity contribution in [1.82, 2.24) is 19.1 Å². The fourth-order valence-corrected chi connectivity index (χ4v) is 1.70. The minimum atomic E-state index is -0.323. The van der Waals surface area contributed by atoms with Crippen LogP contribution in [0.5, 0.6) is 0 Å². The van der Waals surface area contributed by atoms with Crippen LogP contribution in [0, 0.1) is 0 Å². The van der Waals surface area contributed by atoms with Crippen LogP contribution in [0.15, 0.2) is 27.6 Å². The van der Waals surface area contributed by atoms with Crippen molar-refractivity contribution in [2.75, 3.05) is 14.1 Å². The van der Waals surface area contributed by atoms with Gasteiger partial charge in [0.25, 0.3) is 0 Å². The van der Waals surface area contributed by atoms with E-state index in [4.69, 9.17) is 0 Å². The van der Waals surface area contributed by atoms with Crippen molar-refractivity contribution >= 4 is 27.5 Å². The number of amides is 1. The molecule has 2 rings (SSSR count). The summed E-state index contributed by atoms with van der Waals surface area (Å²) in [7, 11) is 3.28. The Morgan fingerprint density at radius 3 is 2.82 bits per heavy atom. The number of rotatable bonds is 2. The van der Waals surface area contributed by atoms with Gasteiger partial charge in [-0.3, -0.25) is 4.79 Å². The lowest BCUT2D eigenvalue weighted by Gasteiger charge is -2.08. The summed E-state index contributed by atoms with van der Waals surface area (Å²) in [5, 5.41) is 4.07. The molecule has 2 heterocycles. The molecule has 17 heavy (non-hydrogen) atoms. The maximum atomic E-state index is 11.9. The van der Waals surface area contributed by atoms with E-state index in [0.717, 1.165) is 9.15 Å². The first kappa shape index (κ1) is 11.8. The monoisotopic (exact) mass is 298 g/mol. The number of pyridine rings is 1. The molecule has 0 bridgehead atoms. The molecule has 0 aliphatic carbocycles. The highest BCUT2D eigenvalue weighted by molar-refractivity contribution is 9.10. The molecular formula is C10H11BrN4O2. The third-order valence-electron chi connectivity index (χ3n) is 2.32. The Hall–Kier alpha value is -1.63. The van der Waals surface area contributed by atoms with E-state index in [1.807, 2.05) is 0 Å². The molecule has 0 N–H and O–H groups in total. The molecule has 0 spiro atoms. The zero-order chi connectivity index (χ0) is 12.6. The molecule has 0 aliphatic heterocycles. The lowest BCUT2D eigenvalue weighted by Crippen LogP contribution is -2.31. The van der Waals surface area contributed by atoms with Gasteiger partial charge in [-0.1, -0.05) is 0 Å². The second kappa shape index (κ2) is 4.33. The predicted octanol–water partition coefficient (Wildman–Crippen LogP) is 0.347. The normalized spacial score (nSPS) is 10.8. The number of likely N-dealkylation sites (N-methyl/N-ethyl adjacent to an activating group) is 1. The van der Waals surface area contributed by atoms with Gasteiger partial charge in [0.2, 0.25) is 5.91 Å². The zero-order valence-electron chi connectivity index (χ0n) is 9.42. The van der Waals surface area contributed by atoms with E-state index in [9.17, 15) is 9.59 Å². The summed E-state index contributed by atoms with van der Waals surface area (Å²) in [5.74, 6) is -0.172. The summed E-state index contributed by atoms with van der Waals surface area (Å²) in [5.41, 5.74) is 0.196. The van der Waals surface area contributed by atoms with Gasteiger partial charge < -0.3 is 4.90 Å². The summed E-state index contributed by atoms with van der Waals surface area (Å²) in [6, 6.07) is 3.50. The minimum Gasteiger partial charge on any atom is -0.347 e. The standard InChI is InChI=1S/C10H11BrN4O2/c1-13(2)9(16)6-15-10(17)14-5-7(11)3-4-8(14)12-15/h3-5H,6H2,1-2H3. The second-order valence-corrected chi connectivity index (χ2v) is 4.72. The van der Waals surface area contributed by atoms with Crippen LogP contribution in [0.3, 0.4) is 0 Å². The third kappa shape index (κ3) is 2.23. The van der Waals surface area contributed by atoms with Crippen LogP contribution in [0.25, 0.3) is 5.65 Å². The number of nitrogens with zero attached hydrogens (tertiary/aromatic N) is 4. The van der Waals surface area contributed by atoms with E-state index in [2.05, 4.69) is 21.0 Å². The number of halogens is 1. The summed E-state index contributed by atoms with van der Waals surface area (Å²) in [6.07, 6.45) is 1.63. The first-order chi connectivity index (χ1) is 7.99. The predicted molar refractivity (Wildman–Crippen MR) is 65.8 cm³/mol. The van der Waals surface area contributed by atoms with Crippen molar-refractivity contribution in [2.24, 2.45) is 0 Å². The van der Waals surface area contributed by atoms with Crippen LogP contribution in [-0.4, -0.2) is 39.1 Å². The molecule has 2 aromatic rings. The minimum absolute atomic E-state index is 0.0505. The SMILES string of the molecule is CN(C)C(=O)Cn1nc2ccc(Br)cn2c1=O. The molecule has 1 amide bonds. The van der Waals surface area contributed by atoms with Gasteiger partial charge in [-0.15, -0.1) is 5.10 Å². The Morgan fingerprint density at radius 1 is 1.47 bits per heavy atom. The van der Waals surface area contributed by atoms with Crippen molar-refractivity contribution in [3.8, 4) is 0 Å². The fraction of sp³-hybridized carbons (Fsp3) is 0.300. The van der Waals surface area contributed by atoms with Crippen molar-refractivity contribution in [1.29, 1.82) is 0 Å². The Bertz CT molecular complexity index is 629. The van der Waals surface area contributed by atoms with Gasteiger partial charge in [0.15, 0.2) is 5.65 Å². The quantitative estimate of drug-likeness (QED) is 0.804. The Balaban J connectivity index is 2.46. The molecule has 0 fully saturated rings. The molecule has 0 saturated carbocycles. The average Bonchev–Trinajstić information content (AvgIpc) is 2.56. The second-order valence-electron chi connectivity index (χ2n) is 3.80.